The van der Waals surface area contributed by atoms with Crippen molar-refractivity contribution in [2.24, 2.45) is 4.99 Å². The third kappa shape index (κ3) is 6.44. The Kier molecular flexibility index (Phi) is 7.14. The van der Waals surface area contributed by atoms with E-state index in [1.54, 1.807) is 29.4 Å². The first-order chi connectivity index (χ1) is 14.7. The van der Waals surface area contributed by atoms with Gasteiger partial charge in [-0.25, -0.2) is 19.2 Å². The predicted molar refractivity (Wildman–Crippen MR) is 118 cm³/mol. The van der Waals surface area contributed by atoms with Crippen molar-refractivity contribution in [1.82, 2.24) is 25.1 Å². The average molecular weight is 431 g/mol. The van der Waals surface area contributed by atoms with Gasteiger partial charge in [-0.1, -0.05) is 6.07 Å². The molecule has 0 bridgehead atoms. The Hall–Kier alpha value is -3.10. The fourth-order valence-corrected chi connectivity index (χ4v) is 3.40. The first-order valence-electron chi connectivity index (χ1n) is 10.5. The van der Waals surface area contributed by atoms with Crippen LogP contribution in [-0.2, 0) is 11.3 Å². The highest BCUT2D eigenvalue weighted by Gasteiger charge is 2.27. The molecule has 1 fully saturated rings. The van der Waals surface area contributed by atoms with E-state index in [-0.39, 0.29) is 11.9 Å². The maximum atomic E-state index is 14.5. The average Bonchev–Trinajstić information content (AvgIpc) is 3.36. The number of imidazole rings is 1. The summed E-state index contributed by atoms with van der Waals surface area (Å²) in [4.78, 5) is 22.8. The fourth-order valence-electron chi connectivity index (χ4n) is 3.40. The second-order valence-electron chi connectivity index (χ2n) is 8.50. The molecule has 0 spiro atoms. The smallest absolute Gasteiger partial charge is 0.407 e. The van der Waals surface area contributed by atoms with E-state index in [1.807, 2.05) is 33.8 Å². The number of rotatable bonds is 5. The van der Waals surface area contributed by atoms with Gasteiger partial charge >= 0.3 is 6.09 Å². The largest absolute Gasteiger partial charge is 0.444 e. The maximum Gasteiger partial charge on any atom is 0.407 e. The topological polar surface area (TPSA) is 83.8 Å². The Morgan fingerprint density at radius 2 is 2.19 bits per heavy atom. The van der Waals surface area contributed by atoms with Crippen molar-refractivity contribution < 1.29 is 13.9 Å². The van der Waals surface area contributed by atoms with Crippen LogP contribution >= 0.6 is 0 Å². The molecule has 0 radical (unpaired) electrons. The summed E-state index contributed by atoms with van der Waals surface area (Å²) in [6.07, 6.45) is 5.28. The van der Waals surface area contributed by atoms with E-state index in [2.05, 4.69) is 25.5 Å². The molecule has 1 atom stereocenters. The number of amides is 1. The first-order valence-corrected chi connectivity index (χ1v) is 10.5. The summed E-state index contributed by atoms with van der Waals surface area (Å²) in [5, 5.41) is 6.20. The number of carbonyl (C=O) groups is 1. The van der Waals surface area contributed by atoms with Crippen molar-refractivity contribution in [2.75, 3.05) is 19.6 Å². The molecule has 1 aromatic carbocycles. The summed E-state index contributed by atoms with van der Waals surface area (Å²) in [6, 6.07) is 5.08. The fraction of sp³-hybridized carbons (Fsp3) is 0.500. The standard InChI is InChI=1S/C22H31FN6O2/c1-5-25-20(28-10-8-17(14-28)27-21(30)31-22(2,3)4)26-13-16-6-7-19(18(23)12-16)29-11-9-24-15-29/h6-7,9,11-12,15,17H,5,8,10,13-14H2,1-4H3,(H,25,26)(H,27,30). The van der Waals surface area contributed by atoms with Crippen molar-refractivity contribution in [2.45, 2.75) is 52.3 Å². The quantitative estimate of drug-likeness (QED) is 0.563. The molecule has 0 saturated carbocycles. The first kappa shape index (κ1) is 22.6. The lowest BCUT2D eigenvalue weighted by Gasteiger charge is -2.23. The minimum absolute atomic E-state index is 0.00869. The number of aliphatic imine (C=N–C) groups is 1. The van der Waals surface area contributed by atoms with Gasteiger partial charge < -0.3 is 24.8 Å². The molecular formula is C22H31FN6O2. The Morgan fingerprint density at radius 3 is 2.84 bits per heavy atom. The Labute approximate surface area is 182 Å². The van der Waals surface area contributed by atoms with Gasteiger partial charge in [-0.15, -0.1) is 0 Å². The second kappa shape index (κ2) is 9.80. The van der Waals surface area contributed by atoms with E-state index >= 15 is 0 Å². The Bertz CT molecular complexity index is 907. The van der Waals surface area contributed by atoms with Crippen molar-refractivity contribution in [3.05, 3.63) is 48.3 Å². The number of hydrogen-bond donors (Lipinski definition) is 2. The number of benzene rings is 1. The van der Waals surface area contributed by atoms with Crippen LogP contribution in [0.5, 0.6) is 0 Å². The molecule has 168 valence electrons. The number of ether oxygens (including phenoxy) is 1. The van der Waals surface area contributed by atoms with Crippen molar-refractivity contribution >= 4 is 12.1 Å². The lowest BCUT2D eigenvalue weighted by Crippen LogP contribution is -2.44. The monoisotopic (exact) mass is 430 g/mol. The number of guanidine groups is 1. The van der Waals surface area contributed by atoms with Gasteiger partial charge in [0.25, 0.3) is 0 Å². The third-order valence-electron chi connectivity index (χ3n) is 4.75. The highest BCUT2D eigenvalue weighted by atomic mass is 19.1. The van der Waals surface area contributed by atoms with Gasteiger partial charge in [-0.2, -0.15) is 0 Å². The molecule has 1 amide bonds. The van der Waals surface area contributed by atoms with Crippen molar-refractivity contribution in [3.8, 4) is 5.69 Å². The molecule has 8 nitrogen and oxygen atoms in total. The molecular weight excluding hydrogens is 399 g/mol. The number of aromatic nitrogens is 2. The Balaban J connectivity index is 1.62. The van der Waals surface area contributed by atoms with Crippen LogP contribution in [0.15, 0.2) is 41.9 Å². The van der Waals surface area contributed by atoms with E-state index in [9.17, 15) is 9.18 Å². The summed E-state index contributed by atoms with van der Waals surface area (Å²) in [5.41, 5.74) is 0.702. The number of nitrogens with one attached hydrogen (secondary N) is 2. The summed E-state index contributed by atoms with van der Waals surface area (Å²) >= 11 is 0. The third-order valence-corrected chi connectivity index (χ3v) is 4.75. The molecule has 0 aliphatic carbocycles. The summed E-state index contributed by atoms with van der Waals surface area (Å²) in [6.45, 7) is 10.00. The summed E-state index contributed by atoms with van der Waals surface area (Å²) < 4.78 is 21.5. The maximum absolute atomic E-state index is 14.5. The molecule has 9 heteroatoms. The zero-order valence-corrected chi connectivity index (χ0v) is 18.6. The van der Waals surface area contributed by atoms with Crippen LogP contribution in [0.2, 0.25) is 0 Å². The molecule has 1 aliphatic rings. The summed E-state index contributed by atoms with van der Waals surface area (Å²) in [7, 11) is 0. The second-order valence-corrected chi connectivity index (χ2v) is 8.50. The van der Waals surface area contributed by atoms with Gasteiger partial charge in [-0.3, -0.25) is 0 Å². The SMILES string of the molecule is CCNC(=NCc1ccc(-n2ccnc2)c(F)c1)N1CCC(NC(=O)OC(C)(C)C)C1. The number of alkyl carbamates (subject to hydrolysis) is 1. The molecule has 2 N–H and O–H groups in total. The summed E-state index contributed by atoms with van der Waals surface area (Å²) in [5.74, 6) is 0.425. The minimum atomic E-state index is -0.526. The lowest BCUT2D eigenvalue weighted by atomic mass is 10.2. The van der Waals surface area contributed by atoms with Gasteiger partial charge in [0.1, 0.15) is 11.4 Å². The minimum Gasteiger partial charge on any atom is -0.444 e. The van der Waals surface area contributed by atoms with E-state index in [0.29, 0.717) is 25.3 Å². The van der Waals surface area contributed by atoms with Gasteiger partial charge in [0, 0.05) is 32.0 Å². The Morgan fingerprint density at radius 1 is 1.39 bits per heavy atom. The lowest BCUT2D eigenvalue weighted by molar-refractivity contribution is 0.0507. The molecule has 31 heavy (non-hydrogen) atoms. The van der Waals surface area contributed by atoms with Crippen LogP contribution in [0.3, 0.4) is 0 Å². The van der Waals surface area contributed by atoms with Gasteiger partial charge in [-0.05, 0) is 51.8 Å². The molecule has 2 heterocycles. The number of carbonyl (C=O) groups excluding carboxylic acids is 1. The zero-order chi connectivity index (χ0) is 22.4. The van der Waals surface area contributed by atoms with Crippen LogP contribution in [-0.4, -0.2) is 57.8 Å². The van der Waals surface area contributed by atoms with E-state index in [4.69, 9.17) is 4.74 Å². The number of halogens is 1. The highest BCUT2D eigenvalue weighted by molar-refractivity contribution is 5.80. The number of hydrogen-bond acceptors (Lipinski definition) is 4. The molecule has 1 unspecified atom stereocenters. The van der Waals surface area contributed by atoms with Crippen LogP contribution in [0, 0.1) is 5.82 Å². The molecule has 1 aliphatic heterocycles. The molecule has 3 rings (SSSR count). The molecule has 1 saturated heterocycles. The van der Waals surface area contributed by atoms with Crippen LogP contribution in [0.1, 0.15) is 39.7 Å². The number of nitrogens with zero attached hydrogens (tertiary/aromatic N) is 4. The zero-order valence-electron chi connectivity index (χ0n) is 18.6. The van der Waals surface area contributed by atoms with E-state index in [1.165, 1.54) is 6.07 Å². The van der Waals surface area contributed by atoms with E-state index in [0.717, 1.165) is 24.5 Å². The molecule has 1 aromatic heterocycles. The highest BCUT2D eigenvalue weighted by Crippen LogP contribution is 2.16. The van der Waals surface area contributed by atoms with Crippen LogP contribution < -0.4 is 10.6 Å². The predicted octanol–water partition coefficient (Wildman–Crippen LogP) is 3.08. The van der Waals surface area contributed by atoms with Crippen molar-refractivity contribution in [3.63, 3.8) is 0 Å². The normalized spacial score (nSPS) is 17.0. The van der Waals surface area contributed by atoms with Crippen LogP contribution in [0.25, 0.3) is 5.69 Å². The van der Waals surface area contributed by atoms with Crippen molar-refractivity contribution in [1.29, 1.82) is 0 Å². The number of likely N-dealkylation sites (tertiary alicyclic amines) is 1. The van der Waals surface area contributed by atoms with Gasteiger partial charge in [0.05, 0.1) is 24.6 Å². The van der Waals surface area contributed by atoms with Gasteiger partial charge in [0.2, 0.25) is 0 Å². The molecule has 2 aromatic rings. The van der Waals surface area contributed by atoms with E-state index < -0.39 is 11.7 Å². The van der Waals surface area contributed by atoms with Crippen LogP contribution in [0.4, 0.5) is 9.18 Å². The van der Waals surface area contributed by atoms with Gasteiger partial charge in [0.15, 0.2) is 5.96 Å².